The minimum absolute atomic E-state index is 0.172. The van der Waals surface area contributed by atoms with Crippen LogP contribution in [0.1, 0.15) is 251 Å². The van der Waals surface area contributed by atoms with Gasteiger partial charge in [0, 0.05) is 6.42 Å². The molecule has 9 heteroatoms. The minimum Gasteiger partial charge on any atom is -0.394 e. The van der Waals surface area contributed by atoms with E-state index in [1.807, 2.05) is 6.08 Å². The monoisotopic (exact) mass is 854 g/mol. The second kappa shape index (κ2) is 41.9. The first-order valence-corrected chi connectivity index (χ1v) is 25.9. The number of hydrogen-bond acceptors (Lipinski definition) is 8. The summed E-state index contributed by atoms with van der Waals surface area (Å²) in [6, 6.07) is -0.799. The lowest BCUT2D eigenvalue weighted by Crippen LogP contribution is -2.60. The molecule has 7 unspecified atom stereocenters. The van der Waals surface area contributed by atoms with Crippen LogP contribution >= 0.6 is 0 Å². The molecule has 1 aliphatic heterocycles. The van der Waals surface area contributed by atoms with Gasteiger partial charge in [0.05, 0.1) is 25.4 Å². The fraction of sp³-hybridized carbons (Fsp3) is 0.941. The van der Waals surface area contributed by atoms with Gasteiger partial charge in [-0.15, -0.1) is 0 Å². The van der Waals surface area contributed by atoms with Crippen LogP contribution in [0.5, 0.6) is 0 Å². The highest BCUT2D eigenvalue weighted by atomic mass is 16.7. The van der Waals surface area contributed by atoms with Gasteiger partial charge in [0.15, 0.2) is 6.29 Å². The number of ether oxygens (including phenoxy) is 2. The molecule has 1 saturated heterocycles. The number of carbonyl (C=O) groups is 1. The van der Waals surface area contributed by atoms with Gasteiger partial charge in [-0.05, 0) is 19.3 Å². The van der Waals surface area contributed by atoms with Gasteiger partial charge in [-0.3, -0.25) is 4.79 Å². The lowest BCUT2D eigenvalue weighted by atomic mass is 9.99. The molecule has 9 nitrogen and oxygen atoms in total. The second-order valence-corrected chi connectivity index (χ2v) is 18.3. The minimum atomic E-state index is -1.56. The lowest BCUT2D eigenvalue weighted by Gasteiger charge is -2.40. The average Bonchev–Trinajstić information content (AvgIpc) is 3.25. The van der Waals surface area contributed by atoms with Gasteiger partial charge in [-0.25, -0.2) is 0 Å². The summed E-state index contributed by atoms with van der Waals surface area (Å²) in [6.07, 6.45) is 42.6. The normalized spacial score (nSPS) is 20.6. The maximum Gasteiger partial charge on any atom is 0.220 e. The van der Waals surface area contributed by atoms with Crippen molar-refractivity contribution in [3.05, 3.63) is 12.2 Å². The first-order chi connectivity index (χ1) is 29.3. The van der Waals surface area contributed by atoms with Crippen molar-refractivity contribution in [2.75, 3.05) is 13.2 Å². The van der Waals surface area contributed by atoms with E-state index in [2.05, 4.69) is 19.2 Å². The van der Waals surface area contributed by atoms with Gasteiger partial charge in [0.2, 0.25) is 5.91 Å². The van der Waals surface area contributed by atoms with Gasteiger partial charge in [-0.2, -0.15) is 0 Å². The van der Waals surface area contributed by atoms with E-state index in [0.29, 0.717) is 6.42 Å². The molecule has 0 aliphatic carbocycles. The van der Waals surface area contributed by atoms with Crippen molar-refractivity contribution in [2.45, 2.75) is 294 Å². The molecule has 0 spiro atoms. The number of amides is 1. The van der Waals surface area contributed by atoms with E-state index in [1.54, 1.807) is 6.08 Å². The summed E-state index contributed by atoms with van der Waals surface area (Å²) in [7, 11) is 0. The van der Waals surface area contributed by atoms with E-state index in [4.69, 9.17) is 9.47 Å². The number of rotatable bonds is 44. The Balaban J connectivity index is 2.27. The highest BCUT2D eigenvalue weighted by molar-refractivity contribution is 5.76. The number of aliphatic hydroxyl groups is 5. The molecule has 60 heavy (non-hydrogen) atoms. The first-order valence-electron chi connectivity index (χ1n) is 25.9. The highest BCUT2D eigenvalue weighted by Crippen LogP contribution is 2.23. The Labute approximate surface area is 369 Å². The third-order valence-electron chi connectivity index (χ3n) is 12.6. The molecule has 356 valence electrons. The molecule has 1 heterocycles. The lowest BCUT2D eigenvalue weighted by molar-refractivity contribution is -0.302. The zero-order valence-electron chi connectivity index (χ0n) is 39.2. The van der Waals surface area contributed by atoms with Crippen molar-refractivity contribution < 1.29 is 39.8 Å². The quantitative estimate of drug-likeness (QED) is 0.0262. The van der Waals surface area contributed by atoms with E-state index in [-0.39, 0.29) is 12.5 Å². The van der Waals surface area contributed by atoms with Gasteiger partial charge >= 0.3 is 0 Å². The number of aliphatic hydroxyl groups excluding tert-OH is 5. The largest absolute Gasteiger partial charge is 0.394 e. The molecule has 1 aliphatic rings. The zero-order chi connectivity index (χ0) is 43.7. The van der Waals surface area contributed by atoms with E-state index in [0.717, 1.165) is 38.5 Å². The van der Waals surface area contributed by atoms with Crippen LogP contribution in [-0.4, -0.2) is 87.5 Å². The van der Waals surface area contributed by atoms with Crippen molar-refractivity contribution >= 4 is 5.91 Å². The third-order valence-corrected chi connectivity index (χ3v) is 12.6. The van der Waals surface area contributed by atoms with Crippen molar-refractivity contribution in [1.29, 1.82) is 0 Å². The maximum atomic E-state index is 13.0. The summed E-state index contributed by atoms with van der Waals surface area (Å²) in [5, 5.41) is 54.3. The van der Waals surface area contributed by atoms with Crippen LogP contribution in [-0.2, 0) is 14.3 Å². The van der Waals surface area contributed by atoms with Crippen LogP contribution in [0.25, 0.3) is 0 Å². The second-order valence-electron chi connectivity index (χ2n) is 18.3. The topological polar surface area (TPSA) is 149 Å². The summed E-state index contributed by atoms with van der Waals surface area (Å²) < 4.78 is 11.2. The van der Waals surface area contributed by atoms with E-state index in [9.17, 15) is 30.3 Å². The van der Waals surface area contributed by atoms with Crippen LogP contribution in [0.3, 0.4) is 0 Å². The fourth-order valence-corrected chi connectivity index (χ4v) is 8.45. The molecule has 1 amide bonds. The Hall–Kier alpha value is -1.07. The SMILES string of the molecule is CCCCCCCCCCCCCCCC/C=C/C(O)C(COC1OC(CO)C(O)C(O)C1O)NC(=O)CCCCCCCCCCCCCCCCCCCCCCC. The van der Waals surface area contributed by atoms with E-state index < -0.39 is 49.5 Å². The van der Waals surface area contributed by atoms with Gasteiger partial charge in [0.1, 0.15) is 24.4 Å². The molecule has 0 aromatic heterocycles. The van der Waals surface area contributed by atoms with Crippen LogP contribution in [0.2, 0.25) is 0 Å². The van der Waals surface area contributed by atoms with Crippen molar-refractivity contribution in [3.63, 3.8) is 0 Å². The molecular formula is C51H99NO8. The predicted molar refractivity (Wildman–Crippen MR) is 249 cm³/mol. The van der Waals surface area contributed by atoms with Crippen LogP contribution < -0.4 is 5.32 Å². The molecule has 0 bridgehead atoms. The van der Waals surface area contributed by atoms with Gasteiger partial charge in [0.25, 0.3) is 0 Å². The molecule has 0 aromatic carbocycles. The molecule has 7 atom stereocenters. The van der Waals surface area contributed by atoms with Crippen molar-refractivity contribution in [1.82, 2.24) is 5.32 Å². The number of unbranched alkanes of at least 4 members (excludes halogenated alkanes) is 34. The summed E-state index contributed by atoms with van der Waals surface area (Å²) in [6.45, 7) is 3.80. The molecular weight excluding hydrogens is 755 g/mol. The highest BCUT2D eigenvalue weighted by Gasteiger charge is 2.44. The van der Waals surface area contributed by atoms with Crippen LogP contribution in [0.15, 0.2) is 12.2 Å². The molecule has 6 N–H and O–H groups in total. The molecule has 0 radical (unpaired) electrons. The van der Waals surface area contributed by atoms with E-state index in [1.165, 1.54) is 193 Å². The van der Waals surface area contributed by atoms with Crippen molar-refractivity contribution in [3.8, 4) is 0 Å². The Morgan fingerprint density at radius 1 is 0.550 bits per heavy atom. The fourth-order valence-electron chi connectivity index (χ4n) is 8.45. The average molecular weight is 854 g/mol. The standard InChI is InChI=1S/C51H99NO8/c1-3-5-7-9-11-13-15-17-19-21-22-23-24-25-27-29-31-33-35-37-39-41-47(55)52-44(43-59-51-50(58)49(57)48(56)46(42-53)60-51)45(54)40-38-36-34-32-30-28-26-20-18-16-14-12-10-8-6-4-2/h38,40,44-46,48-51,53-54,56-58H,3-37,39,41-43H2,1-2H3,(H,52,55)/b40-38+. The summed E-state index contributed by atoms with van der Waals surface area (Å²) in [5.74, 6) is -0.172. The van der Waals surface area contributed by atoms with Crippen LogP contribution in [0, 0.1) is 0 Å². The number of hydrogen-bond donors (Lipinski definition) is 6. The Morgan fingerprint density at radius 2 is 0.917 bits per heavy atom. The molecule has 0 saturated carbocycles. The summed E-state index contributed by atoms with van der Waals surface area (Å²) in [4.78, 5) is 13.0. The van der Waals surface area contributed by atoms with Crippen molar-refractivity contribution in [2.24, 2.45) is 0 Å². The first kappa shape index (κ1) is 56.9. The molecule has 1 fully saturated rings. The number of allylic oxidation sites excluding steroid dienone is 1. The molecule has 0 aromatic rings. The van der Waals surface area contributed by atoms with Gasteiger partial charge in [-0.1, -0.05) is 238 Å². The molecule has 1 rings (SSSR count). The Morgan fingerprint density at radius 3 is 1.30 bits per heavy atom. The number of nitrogens with one attached hydrogen (secondary N) is 1. The Kier molecular flexibility index (Phi) is 39.8. The number of carbonyl (C=O) groups excluding carboxylic acids is 1. The summed E-state index contributed by atoms with van der Waals surface area (Å²) >= 11 is 0. The van der Waals surface area contributed by atoms with E-state index >= 15 is 0 Å². The summed E-state index contributed by atoms with van der Waals surface area (Å²) in [5.41, 5.74) is 0. The van der Waals surface area contributed by atoms with Gasteiger partial charge < -0.3 is 40.3 Å². The predicted octanol–water partition coefficient (Wildman–Crippen LogP) is 11.7. The smallest absolute Gasteiger partial charge is 0.220 e. The third kappa shape index (κ3) is 31.7. The maximum absolute atomic E-state index is 13.0. The van der Waals surface area contributed by atoms with Crippen LogP contribution in [0.4, 0.5) is 0 Å². The zero-order valence-corrected chi connectivity index (χ0v) is 39.2. The Bertz CT molecular complexity index is 950.